The quantitative estimate of drug-likeness (QED) is 0.321. The van der Waals surface area contributed by atoms with Gasteiger partial charge in [0, 0.05) is 5.41 Å². The minimum atomic E-state index is -0.132. The van der Waals surface area contributed by atoms with Crippen molar-refractivity contribution < 1.29 is 9.84 Å². The topological polar surface area (TPSA) is 29.5 Å². The van der Waals surface area contributed by atoms with E-state index < -0.39 is 0 Å². The van der Waals surface area contributed by atoms with E-state index in [4.69, 9.17) is 4.74 Å². The molecule has 0 aromatic carbocycles. The van der Waals surface area contributed by atoms with Gasteiger partial charge in [-0.25, -0.2) is 0 Å². The van der Waals surface area contributed by atoms with Crippen LogP contribution >= 0.6 is 0 Å². The molecule has 5 saturated carbocycles. The zero-order valence-corrected chi connectivity index (χ0v) is 24.0. The molecule has 5 aliphatic carbocycles. The van der Waals surface area contributed by atoms with Crippen LogP contribution in [0.5, 0.6) is 0 Å². The molecule has 2 heteroatoms. The third-order valence-corrected chi connectivity index (χ3v) is 14.4. The largest absolute Gasteiger partial charge is 0.501 e. The average molecular weight is 483 g/mol. The molecule has 0 amide bonds. The lowest BCUT2D eigenvalue weighted by molar-refractivity contribution is -0.249. The molecule has 198 valence electrons. The standard InChI is InChI=1S/C33H54O2/c1-10-29(5)25-14-17-32(8)26(30(25,6)16-15-27(29)34)12-11-24-28-23(21(2)3)13-18-33(28,22(4)35-9)20-19-31(24,32)7/h23-28,34H,2,4,10-20H2,1,3,5-9H3/t23-,24?,25-,26?,27-,28?,29-,30-,31+,32+,33+/m0/s1. The summed E-state index contributed by atoms with van der Waals surface area (Å²) in [6.07, 6.45) is 13.5. The number of fused-ring (bicyclic) bond motifs is 7. The van der Waals surface area contributed by atoms with Crippen molar-refractivity contribution in [1.29, 1.82) is 0 Å². The minimum absolute atomic E-state index is 0.0699. The molecule has 35 heavy (non-hydrogen) atoms. The second kappa shape index (κ2) is 8.12. The third-order valence-electron chi connectivity index (χ3n) is 14.4. The van der Waals surface area contributed by atoms with Crippen molar-refractivity contribution in [2.75, 3.05) is 7.11 Å². The predicted molar refractivity (Wildman–Crippen MR) is 146 cm³/mol. The molecule has 0 spiro atoms. The molecular weight excluding hydrogens is 428 g/mol. The van der Waals surface area contributed by atoms with Gasteiger partial charge < -0.3 is 9.84 Å². The van der Waals surface area contributed by atoms with Crippen LogP contribution in [-0.4, -0.2) is 18.3 Å². The summed E-state index contributed by atoms with van der Waals surface area (Å²) in [4.78, 5) is 0. The summed E-state index contributed by atoms with van der Waals surface area (Å²) in [5.41, 5.74) is 2.65. The summed E-state index contributed by atoms with van der Waals surface area (Å²) in [6.45, 7) is 24.1. The van der Waals surface area contributed by atoms with E-state index in [1.807, 2.05) is 7.11 Å². The Balaban J connectivity index is 1.56. The van der Waals surface area contributed by atoms with Crippen molar-refractivity contribution in [2.45, 2.75) is 118 Å². The lowest BCUT2D eigenvalue weighted by atomic mass is 9.32. The van der Waals surface area contributed by atoms with Crippen molar-refractivity contribution in [3.63, 3.8) is 0 Å². The zero-order valence-electron chi connectivity index (χ0n) is 24.0. The van der Waals surface area contributed by atoms with Crippen molar-refractivity contribution in [3.8, 4) is 0 Å². The maximum Gasteiger partial charge on any atom is 0.0948 e. The van der Waals surface area contributed by atoms with Gasteiger partial charge >= 0.3 is 0 Å². The molecule has 11 atom stereocenters. The normalized spacial score (nSPS) is 55.2. The molecule has 0 radical (unpaired) electrons. The van der Waals surface area contributed by atoms with Crippen LogP contribution in [0.25, 0.3) is 0 Å². The second-order valence-electron chi connectivity index (χ2n) is 14.9. The fourth-order valence-corrected chi connectivity index (χ4v) is 12.1. The number of hydrogen-bond acceptors (Lipinski definition) is 2. The molecule has 1 N–H and O–H groups in total. The molecule has 2 nitrogen and oxygen atoms in total. The molecule has 5 fully saturated rings. The number of rotatable bonds is 4. The number of aliphatic hydroxyl groups excluding tert-OH is 1. The highest BCUT2D eigenvalue weighted by Gasteiger charge is 2.71. The van der Waals surface area contributed by atoms with Gasteiger partial charge in [-0.05, 0) is 129 Å². The predicted octanol–water partition coefficient (Wildman–Crippen LogP) is 8.56. The number of methoxy groups -OCH3 is 1. The van der Waals surface area contributed by atoms with Gasteiger partial charge in [-0.15, -0.1) is 0 Å². The number of allylic oxidation sites excluding steroid dienone is 2. The van der Waals surface area contributed by atoms with Gasteiger partial charge in [-0.1, -0.05) is 53.3 Å². The molecule has 0 aliphatic heterocycles. The van der Waals surface area contributed by atoms with Gasteiger partial charge in [0.25, 0.3) is 0 Å². The van der Waals surface area contributed by atoms with Crippen LogP contribution in [0.1, 0.15) is 112 Å². The Morgan fingerprint density at radius 3 is 2.20 bits per heavy atom. The average Bonchev–Trinajstić information content (AvgIpc) is 3.23. The summed E-state index contributed by atoms with van der Waals surface area (Å²) in [6, 6.07) is 0. The van der Waals surface area contributed by atoms with E-state index in [0.717, 1.165) is 30.4 Å². The second-order valence-corrected chi connectivity index (χ2v) is 14.9. The van der Waals surface area contributed by atoms with Crippen molar-refractivity contribution >= 4 is 0 Å². The monoisotopic (exact) mass is 482 g/mol. The third kappa shape index (κ3) is 3.04. The van der Waals surface area contributed by atoms with Crippen molar-refractivity contribution in [2.24, 2.45) is 56.7 Å². The van der Waals surface area contributed by atoms with Crippen molar-refractivity contribution in [1.82, 2.24) is 0 Å². The summed E-state index contributed by atoms with van der Waals surface area (Å²) in [5.74, 6) is 4.41. The molecule has 0 saturated heterocycles. The van der Waals surface area contributed by atoms with Crippen LogP contribution in [0.4, 0.5) is 0 Å². The van der Waals surface area contributed by atoms with E-state index in [-0.39, 0.29) is 16.9 Å². The Morgan fingerprint density at radius 1 is 0.857 bits per heavy atom. The van der Waals surface area contributed by atoms with Gasteiger partial charge in [0.05, 0.1) is 19.0 Å². The van der Waals surface area contributed by atoms with Crippen LogP contribution in [0.2, 0.25) is 0 Å². The van der Waals surface area contributed by atoms with E-state index in [1.165, 1.54) is 63.4 Å². The highest BCUT2D eigenvalue weighted by molar-refractivity contribution is 5.25. The first-order valence-corrected chi connectivity index (χ1v) is 14.9. The molecule has 5 aliphatic rings. The van der Waals surface area contributed by atoms with Crippen molar-refractivity contribution in [3.05, 3.63) is 24.5 Å². The van der Waals surface area contributed by atoms with E-state index in [0.29, 0.717) is 34.0 Å². The zero-order chi connectivity index (χ0) is 25.6. The van der Waals surface area contributed by atoms with E-state index >= 15 is 0 Å². The van der Waals surface area contributed by atoms with Crippen LogP contribution in [0.15, 0.2) is 24.5 Å². The number of hydrogen-bond donors (Lipinski definition) is 1. The van der Waals surface area contributed by atoms with E-state index in [9.17, 15) is 5.11 Å². The molecule has 5 rings (SSSR count). The molecule has 0 bridgehead atoms. The van der Waals surface area contributed by atoms with Gasteiger partial charge in [0.1, 0.15) is 0 Å². The van der Waals surface area contributed by atoms with Gasteiger partial charge in [-0.3, -0.25) is 0 Å². The van der Waals surface area contributed by atoms with E-state index in [2.05, 4.69) is 54.7 Å². The Labute approximate surface area is 216 Å². The molecule has 0 aromatic rings. The lowest BCUT2D eigenvalue weighted by Gasteiger charge is -2.73. The van der Waals surface area contributed by atoms with Gasteiger partial charge in [0.2, 0.25) is 0 Å². The molecule has 3 unspecified atom stereocenters. The molecule has 0 aromatic heterocycles. The first-order valence-electron chi connectivity index (χ1n) is 14.9. The molecule has 0 heterocycles. The first-order chi connectivity index (χ1) is 16.4. The highest BCUT2D eigenvalue weighted by atomic mass is 16.5. The Bertz CT molecular complexity index is 892. The van der Waals surface area contributed by atoms with Crippen LogP contribution in [-0.2, 0) is 4.74 Å². The lowest BCUT2D eigenvalue weighted by Crippen LogP contribution is -2.67. The Kier molecular flexibility index (Phi) is 6.00. The Morgan fingerprint density at radius 2 is 1.57 bits per heavy atom. The fraction of sp³-hybridized carbons (Fsp3) is 0.879. The van der Waals surface area contributed by atoms with Crippen LogP contribution < -0.4 is 0 Å². The maximum absolute atomic E-state index is 11.1. The van der Waals surface area contributed by atoms with Gasteiger partial charge in [0.15, 0.2) is 0 Å². The number of aliphatic hydroxyl groups is 1. The maximum atomic E-state index is 11.1. The summed E-state index contributed by atoms with van der Waals surface area (Å²) < 4.78 is 5.95. The van der Waals surface area contributed by atoms with Crippen LogP contribution in [0, 0.1) is 56.7 Å². The summed E-state index contributed by atoms with van der Waals surface area (Å²) >= 11 is 0. The number of ether oxygens (including phenoxy) is 1. The smallest absolute Gasteiger partial charge is 0.0948 e. The summed E-state index contributed by atoms with van der Waals surface area (Å²) in [7, 11) is 1.85. The molecular formula is C33H54O2. The first kappa shape index (κ1) is 25.9. The Hall–Kier alpha value is -0.760. The summed E-state index contributed by atoms with van der Waals surface area (Å²) in [5, 5.41) is 11.1. The van der Waals surface area contributed by atoms with Crippen LogP contribution in [0.3, 0.4) is 0 Å². The van der Waals surface area contributed by atoms with Gasteiger partial charge in [-0.2, -0.15) is 0 Å². The highest BCUT2D eigenvalue weighted by Crippen LogP contribution is 2.78. The van der Waals surface area contributed by atoms with E-state index in [1.54, 1.807) is 0 Å². The minimum Gasteiger partial charge on any atom is -0.501 e. The SMILES string of the molecule is C=C(C)[C@@H]1CC[C@]2(C(=C)OC)CC[C@]3(C)C(CCC4[C@@]5(C)CC[C@H](O)[C@@](C)(CC)[C@@H]5CC[C@]43C)C12. The fourth-order valence-electron chi connectivity index (χ4n) is 12.1.